The van der Waals surface area contributed by atoms with Gasteiger partial charge in [-0.2, -0.15) is 0 Å². The summed E-state index contributed by atoms with van der Waals surface area (Å²) in [5.74, 6) is 0.814. The quantitative estimate of drug-likeness (QED) is 0.925. The summed E-state index contributed by atoms with van der Waals surface area (Å²) < 4.78 is 0. The fourth-order valence-corrected chi connectivity index (χ4v) is 2.82. The molecular formula is C17H27N3O. The van der Waals surface area contributed by atoms with E-state index in [0.29, 0.717) is 6.54 Å². The van der Waals surface area contributed by atoms with Crippen LogP contribution in [-0.2, 0) is 0 Å². The Bertz CT molecular complexity index is 439. The number of rotatable bonds is 4. The van der Waals surface area contributed by atoms with E-state index in [0.717, 1.165) is 19.0 Å². The van der Waals surface area contributed by atoms with Crippen LogP contribution in [0.4, 0.5) is 4.79 Å². The van der Waals surface area contributed by atoms with E-state index in [4.69, 9.17) is 0 Å². The number of carbonyl (C=O) groups excluding carboxylic acids is 1. The van der Waals surface area contributed by atoms with Gasteiger partial charge < -0.3 is 10.2 Å². The summed E-state index contributed by atoms with van der Waals surface area (Å²) in [4.78, 5) is 15.9. The van der Waals surface area contributed by atoms with Gasteiger partial charge in [0.05, 0.1) is 6.04 Å². The van der Waals surface area contributed by atoms with E-state index in [2.05, 4.69) is 41.4 Å². The van der Waals surface area contributed by atoms with Crippen LogP contribution in [0.1, 0.15) is 31.4 Å². The van der Waals surface area contributed by atoms with E-state index in [-0.39, 0.29) is 12.1 Å². The predicted molar refractivity (Wildman–Crippen MR) is 86.2 cm³/mol. The van der Waals surface area contributed by atoms with E-state index >= 15 is 0 Å². The first-order chi connectivity index (χ1) is 10.1. The lowest BCUT2D eigenvalue weighted by Gasteiger charge is -2.37. The van der Waals surface area contributed by atoms with Gasteiger partial charge in [0.2, 0.25) is 0 Å². The van der Waals surface area contributed by atoms with Crippen LogP contribution in [0.3, 0.4) is 0 Å². The highest BCUT2D eigenvalue weighted by Crippen LogP contribution is 2.26. The number of piperidine rings is 1. The molecule has 4 nitrogen and oxygen atoms in total. The molecule has 1 atom stereocenters. The van der Waals surface area contributed by atoms with Crippen molar-refractivity contribution in [2.24, 2.45) is 5.92 Å². The van der Waals surface area contributed by atoms with Crippen LogP contribution < -0.4 is 5.32 Å². The number of carbonyl (C=O) groups is 1. The van der Waals surface area contributed by atoms with E-state index in [9.17, 15) is 4.79 Å². The second kappa shape index (κ2) is 7.46. The zero-order valence-electron chi connectivity index (χ0n) is 13.4. The Morgan fingerprint density at radius 2 is 1.90 bits per heavy atom. The number of urea groups is 1. The molecule has 116 valence electrons. The summed E-state index contributed by atoms with van der Waals surface area (Å²) in [6.45, 7) is 5.20. The van der Waals surface area contributed by atoms with Gasteiger partial charge in [0, 0.05) is 20.6 Å². The lowest BCUT2D eigenvalue weighted by molar-refractivity contribution is 0.134. The molecule has 1 fully saturated rings. The number of likely N-dealkylation sites (tertiary alicyclic amines) is 1. The van der Waals surface area contributed by atoms with Gasteiger partial charge in [-0.05, 0) is 37.4 Å². The van der Waals surface area contributed by atoms with Gasteiger partial charge in [-0.15, -0.1) is 0 Å². The first kappa shape index (κ1) is 15.8. The molecule has 1 aliphatic rings. The molecule has 1 aromatic carbocycles. The highest BCUT2D eigenvalue weighted by molar-refractivity contribution is 5.73. The molecule has 0 aliphatic carbocycles. The van der Waals surface area contributed by atoms with Crippen LogP contribution in [0.2, 0.25) is 0 Å². The minimum absolute atomic E-state index is 0.0266. The standard InChI is InChI=1S/C17H27N3O/c1-14-9-11-20(12-10-14)16(13-18-17(21)19(2)3)15-7-5-4-6-8-15/h4-8,14,16H,9-13H2,1-3H3,(H,18,21). The molecule has 1 saturated heterocycles. The van der Waals surface area contributed by atoms with Crippen molar-refractivity contribution >= 4 is 6.03 Å². The van der Waals surface area contributed by atoms with Crippen LogP contribution in [0.15, 0.2) is 30.3 Å². The number of nitrogens with zero attached hydrogens (tertiary/aromatic N) is 2. The molecule has 2 amide bonds. The molecule has 0 bridgehead atoms. The Balaban J connectivity index is 2.05. The average Bonchev–Trinajstić information content (AvgIpc) is 2.50. The van der Waals surface area contributed by atoms with Crippen LogP contribution in [-0.4, -0.2) is 49.6 Å². The molecule has 4 heteroatoms. The summed E-state index contributed by atoms with van der Waals surface area (Å²) >= 11 is 0. The lowest BCUT2D eigenvalue weighted by Crippen LogP contribution is -2.44. The second-order valence-corrected chi connectivity index (χ2v) is 6.23. The number of hydrogen-bond donors (Lipinski definition) is 1. The van der Waals surface area contributed by atoms with E-state index in [1.54, 1.807) is 19.0 Å². The van der Waals surface area contributed by atoms with Crippen molar-refractivity contribution in [1.82, 2.24) is 15.1 Å². The number of hydrogen-bond acceptors (Lipinski definition) is 2. The van der Waals surface area contributed by atoms with E-state index in [1.807, 2.05) is 6.07 Å². The molecule has 1 heterocycles. The fraction of sp³-hybridized carbons (Fsp3) is 0.588. The Morgan fingerprint density at radius 3 is 2.48 bits per heavy atom. The third-order valence-electron chi connectivity index (χ3n) is 4.30. The van der Waals surface area contributed by atoms with Crippen molar-refractivity contribution < 1.29 is 4.79 Å². The lowest BCUT2D eigenvalue weighted by atomic mass is 9.96. The van der Waals surface area contributed by atoms with Gasteiger partial charge in [0.1, 0.15) is 0 Å². The summed E-state index contributed by atoms with van der Waals surface area (Å²) in [5.41, 5.74) is 1.28. The van der Waals surface area contributed by atoms with Crippen LogP contribution in [0.25, 0.3) is 0 Å². The number of amides is 2. The van der Waals surface area contributed by atoms with Crippen molar-refractivity contribution in [3.8, 4) is 0 Å². The molecule has 0 aromatic heterocycles. The van der Waals surface area contributed by atoms with Gasteiger partial charge in [-0.25, -0.2) is 4.79 Å². The van der Waals surface area contributed by atoms with Gasteiger partial charge in [0.15, 0.2) is 0 Å². The fourth-order valence-electron chi connectivity index (χ4n) is 2.82. The molecule has 21 heavy (non-hydrogen) atoms. The molecule has 0 spiro atoms. The van der Waals surface area contributed by atoms with Crippen molar-refractivity contribution in [1.29, 1.82) is 0 Å². The van der Waals surface area contributed by atoms with Crippen molar-refractivity contribution in [2.75, 3.05) is 33.7 Å². The SMILES string of the molecule is CC1CCN(C(CNC(=O)N(C)C)c2ccccc2)CC1. The Kier molecular flexibility index (Phi) is 5.62. The Hall–Kier alpha value is -1.55. The van der Waals surface area contributed by atoms with Gasteiger partial charge in [0.25, 0.3) is 0 Å². The molecular weight excluding hydrogens is 262 g/mol. The van der Waals surface area contributed by atoms with Crippen LogP contribution in [0.5, 0.6) is 0 Å². The Labute approximate surface area is 128 Å². The molecule has 1 N–H and O–H groups in total. The zero-order valence-corrected chi connectivity index (χ0v) is 13.4. The molecule has 0 saturated carbocycles. The summed E-state index contributed by atoms with van der Waals surface area (Å²) in [6, 6.07) is 10.7. The monoisotopic (exact) mass is 289 g/mol. The molecule has 0 radical (unpaired) electrons. The molecule has 1 aromatic rings. The first-order valence-electron chi connectivity index (χ1n) is 7.82. The third-order valence-corrected chi connectivity index (χ3v) is 4.30. The van der Waals surface area contributed by atoms with Crippen LogP contribution >= 0.6 is 0 Å². The maximum Gasteiger partial charge on any atom is 0.316 e. The topological polar surface area (TPSA) is 35.6 Å². The highest BCUT2D eigenvalue weighted by Gasteiger charge is 2.25. The summed E-state index contributed by atoms with van der Waals surface area (Å²) in [7, 11) is 3.55. The van der Waals surface area contributed by atoms with Gasteiger partial charge in [-0.1, -0.05) is 37.3 Å². The molecule has 2 rings (SSSR count). The summed E-state index contributed by atoms with van der Waals surface area (Å²) in [5, 5.41) is 3.03. The van der Waals surface area contributed by atoms with Crippen LogP contribution in [0, 0.1) is 5.92 Å². The van der Waals surface area contributed by atoms with Gasteiger partial charge >= 0.3 is 6.03 Å². The minimum atomic E-state index is -0.0266. The average molecular weight is 289 g/mol. The van der Waals surface area contributed by atoms with Crippen molar-refractivity contribution in [3.63, 3.8) is 0 Å². The number of nitrogens with one attached hydrogen (secondary N) is 1. The largest absolute Gasteiger partial charge is 0.336 e. The predicted octanol–water partition coefficient (Wildman–Crippen LogP) is 2.73. The molecule has 1 aliphatic heterocycles. The van der Waals surface area contributed by atoms with Gasteiger partial charge in [-0.3, -0.25) is 4.90 Å². The van der Waals surface area contributed by atoms with E-state index in [1.165, 1.54) is 18.4 Å². The number of benzene rings is 1. The minimum Gasteiger partial charge on any atom is -0.336 e. The highest BCUT2D eigenvalue weighted by atomic mass is 16.2. The van der Waals surface area contributed by atoms with E-state index < -0.39 is 0 Å². The smallest absolute Gasteiger partial charge is 0.316 e. The second-order valence-electron chi connectivity index (χ2n) is 6.23. The normalized spacial score (nSPS) is 18.2. The zero-order chi connectivity index (χ0) is 15.2. The van der Waals surface area contributed by atoms with Crippen molar-refractivity contribution in [3.05, 3.63) is 35.9 Å². The molecule has 1 unspecified atom stereocenters. The first-order valence-corrected chi connectivity index (χ1v) is 7.82. The maximum atomic E-state index is 11.8. The maximum absolute atomic E-state index is 11.8. The Morgan fingerprint density at radius 1 is 1.29 bits per heavy atom. The third kappa shape index (κ3) is 4.46. The van der Waals surface area contributed by atoms with Crippen molar-refractivity contribution in [2.45, 2.75) is 25.8 Å². The summed E-state index contributed by atoms with van der Waals surface area (Å²) in [6.07, 6.45) is 2.48.